The highest BCUT2D eigenvalue weighted by atomic mass is 15.3. The Balaban J connectivity index is 2.47. The minimum Gasteiger partial charge on any atom is -0.362 e. The zero-order valence-corrected chi connectivity index (χ0v) is 12.3. The second-order valence-corrected chi connectivity index (χ2v) is 5.32. The zero-order valence-electron chi connectivity index (χ0n) is 12.3. The summed E-state index contributed by atoms with van der Waals surface area (Å²) in [4.78, 5) is 13.4. The van der Waals surface area contributed by atoms with Gasteiger partial charge in [-0.05, 0) is 11.5 Å². The lowest BCUT2D eigenvalue weighted by Gasteiger charge is -2.18. The standard InChI is InChI=1S/C16H18N4/c1-19(2)15-13-10-9-11-7-5-6-8-12(11)14(13)17-16(18-15)20(3)4/h5-10H,1-4H3. The van der Waals surface area contributed by atoms with Gasteiger partial charge in [-0.25, -0.2) is 4.98 Å². The van der Waals surface area contributed by atoms with Gasteiger partial charge < -0.3 is 9.80 Å². The smallest absolute Gasteiger partial charge is 0.227 e. The van der Waals surface area contributed by atoms with E-state index in [2.05, 4.69) is 41.4 Å². The van der Waals surface area contributed by atoms with Crippen molar-refractivity contribution in [1.29, 1.82) is 0 Å². The van der Waals surface area contributed by atoms with Crippen molar-refractivity contribution in [2.24, 2.45) is 0 Å². The van der Waals surface area contributed by atoms with Crippen molar-refractivity contribution >= 4 is 33.4 Å². The van der Waals surface area contributed by atoms with Crippen LogP contribution in [0.3, 0.4) is 0 Å². The van der Waals surface area contributed by atoms with E-state index in [4.69, 9.17) is 4.98 Å². The van der Waals surface area contributed by atoms with Crippen LogP contribution in [0.5, 0.6) is 0 Å². The van der Waals surface area contributed by atoms with Crippen molar-refractivity contribution < 1.29 is 0 Å². The van der Waals surface area contributed by atoms with Gasteiger partial charge in [-0.1, -0.05) is 30.3 Å². The first-order valence-corrected chi connectivity index (χ1v) is 6.62. The van der Waals surface area contributed by atoms with Crippen molar-refractivity contribution in [3.8, 4) is 0 Å². The highest BCUT2D eigenvalue weighted by Crippen LogP contribution is 2.30. The van der Waals surface area contributed by atoms with E-state index in [0.29, 0.717) is 0 Å². The van der Waals surface area contributed by atoms with Gasteiger partial charge in [0.05, 0.1) is 5.52 Å². The SMILES string of the molecule is CN(C)c1nc(N(C)C)c2ccc3ccccc3c2n1. The Labute approximate surface area is 118 Å². The molecule has 0 amide bonds. The second kappa shape index (κ2) is 4.63. The van der Waals surface area contributed by atoms with Crippen molar-refractivity contribution in [3.63, 3.8) is 0 Å². The molecule has 102 valence electrons. The normalized spacial score (nSPS) is 11.0. The van der Waals surface area contributed by atoms with Gasteiger partial charge in [0.15, 0.2) is 0 Å². The lowest BCUT2D eigenvalue weighted by Crippen LogP contribution is -2.17. The Morgan fingerprint density at radius 1 is 0.750 bits per heavy atom. The Bertz CT molecular complexity index is 778. The zero-order chi connectivity index (χ0) is 14.3. The van der Waals surface area contributed by atoms with Crippen LogP contribution in [-0.2, 0) is 0 Å². The molecule has 3 aromatic rings. The maximum atomic E-state index is 4.73. The Morgan fingerprint density at radius 3 is 2.20 bits per heavy atom. The number of hydrogen-bond acceptors (Lipinski definition) is 4. The number of hydrogen-bond donors (Lipinski definition) is 0. The van der Waals surface area contributed by atoms with Crippen LogP contribution in [0, 0.1) is 0 Å². The fraction of sp³-hybridized carbons (Fsp3) is 0.250. The molecule has 0 bridgehead atoms. The number of nitrogens with zero attached hydrogens (tertiary/aromatic N) is 4. The van der Waals surface area contributed by atoms with Crippen molar-refractivity contribution in [2.75, 3.05) is 38.0 Å². The summed E-state index contributed by atoms with van der Waals surface area (Å²) in [7, 11) is 7.95. The molecule has 2 aromatic carbocycles. The Hall–Kier alpha value is -2.36. The Morgan fingerprint density at radius 2 is 1.50 bits per heavy atom. The first-order valence-electron chi connectivity index (χ1n) is 6.62. The van der Waals surface area contributed by atoms with Gasteiger partial charge in [0.1, 0.15) is 5.82 Å². The van der Waals surface area contributed by atoms with Crippen LogP contribution in [0.4, 0.5) is 11.8 Å². The van der Waals surface area contributed by atoms with Crippen molar-refractivity contribution in [3.05, 3.63) is 36.4 Å². The molecule has 4 nitrogen and oxygen atoms in total. The molecule has 0 aliphatic rings. The lowest BCUT2D eigenvalue weighted by molar-refractivity contribution is 0.989. The predicted molar refractivity (Wildman–Crippen MR) is 85.7 cm³/mol. The predicted octanol–water partition coefficient (Wildman–Crippen LogP) is 2.92. The van der Waals surface area contributed by atoms with Crippen LogP contribution in [-0.4, -0.2) is 38.2 Å². The van der Waals surface area contributed by atoms with E-state index in [9.17, 15) is 0 Å². The van der Waals surface area contributed by atoms with Gasteiger partial charge in [-0.3, -0.25) is 0 Å². The molecule has 0 fully saturated rings. The van der Waals surface area contributed by atoms with E-state index in [1.807, 2.05) is 38.0 Å². The molecule has 0 saturated carbocycles. The minimum atomic E-state index is 0.734. The third kappa shape index (κ3) is 1.93. The van der Waals surface area contributed by atoms with Gasteiger partial charge >= 0.3 is 0 Å². The molecule has 1 heterocycles. The van der Waals surface area contributed by atoms with Gasteiger partial charge in [0.2, 0.25) is 5.95 Å². The third-order valence-corrected chi connectivity index (χ3v) is 3.38. The highest BCUT2D eigenvalue weighted by Gasteiger charge is 2.12. The van der Waals surface area contributed by atoms with Gasteiger partial charge in [0.25, 0.3) is 0 Å². The second-order valence-electron chi connectivity index (χ2n) is 5.32. The topological polar surface area (TPSA) is 32.3 Å². The molecular formula is C16H18N4. The Kier molecular flexibility index (Phi) is 2.93. The number of anilines is 2. The summed E-state index contributed by atoms with van der Waals surface area (Å²) in [6, 6.07) is 12.6. The van der Waals surface area contributed by atoms with Crippen LogP contribution < -0.4 is 9.80 Å². The molecule has 4 heteroatoms. The summed E-state index contributed by atoms with van der Waals surface area (Å²) < 4.78 is 0. The number of fused-ring (bicyclic) bond motifs is 3. The lowest BCUT2D eigenvalue weighted by atomic mass is 10.1. The average Bonchev–Trinajstić information content (AvgIpc) is 2.45. The molecular weight excluding hydrogens is 248 g/mol. The summed E-state index contributed by atoms with van der Waals surface area (Å²) in [5.41, 5.74) is 1.01. The molecule has 1 aromatic heterocycles. The first-order chi connectivity index (χ1) is 9.58. The maximum Gasteiger partial charge on any atom is 0.227 e. The number of aromatic nitrogens is 2. The number of benzene rings is 2. The van der Waals surface area contributed by atoms with Crippen LogP contribution in [0.15, 0.2) is 36.4 Å². The quantitative estimate of drug-likeness (QED) is 0.668. The van der Waals surface area contributed by atoms with E-state index in [1.54, 1.807) is 0 Å². The van der Waals surface area contributed by atoms with Crippen LogP contribution in [0.2, 0.25) is 0 Å². The molecule has 0 aliphatic carbocycles. The van der Waals surface area contributed by atoms with Gasteiger partial charge in [-0.15, -0.1) is 0 Å². The number of rotatable bonds is 2. The van der Waals surface area contributed by atoms with Crippen LogP contribution in [0.1, 0.15) is 0 Å². The summed E-state index contributed by atoms with van der Waals surface area (Å²) in [6.45, 7) is 0. The van der Waals surface area contributed by atoms with E-state index in [-0.39, 0.29) is 0 Å². The average molecular weight is 266 g/mol. The summed E-state index contributed by atoms with van der Waals surface area (Å²) in [5, 5.41) is 3.45. The van der Waals surface area contributed by atoms with Crippen molar-refractivity contribution in [1.82, 2.24) is 9.97 Å². The van der Waals surface area contributed by atoms with Crippen LogP contribution in [0.25, 0.3) is 21.7 Å². The highest BCUT2D eigenvalue weighted by molar-refractivity contribution is 6.08. The molecule has 0 aliphatic heterocycles. The van der Waals surface area contributed by atoms with E-state index >= 15 is 0 Å². The largest absolute Gasteiger partial charge is 0.362 e. The monoisotopic (exact) mass is 266 g/mol. The fourth-order valence-electron chi connectivity index (χ4n) is 2.38. The van der Waals surface area contributed by atoms with Gasteiger partial charge in [-0.2, -0.15) is 4.98 Å². The summed E-state index contributed by atoms with van der Waals surface area (Å²) in [5.74, 6) is 1.68. The molecule has 0 radical (unpaired) electrons. The fourth-order valence-corrected chi connectivity index (χ4v) is 2.38. The molecule has 0 saturated heterocycles. The summed E-state index contributed by atoms with van der Waals surface area (Å²) in [6.07, 6.45) is 0. The molecule has 0 atom stereocenters. The molecule has 3 rings (SSSR count). The van der Waals surface area contributed by atoms with Gasteiger partial charge in [0, 0.05) is 39.0 Å². The molecule has 0 N–H and O–H groups in total. The van der Waals surface area contributed by atoms with Crippen molar-refractivity contribution in [2.45, 2.75) is 0 Å². The van der Waals surface area contributed by atoms with Crippen LogP contribution >= 0.6 is 0 Å². The third-order valence-electron chi connectivity index (χ3n) is 3.38. The van der Waals surface area contributed by atoms with E-state index in [1.165, 1.54) is 10.8 Å². The minimum absolute atomic E-state index is 0.734. The maximum absolute atomic E-state index is 4.73. The molecule has 0 unspecified atom stereocenters. The first kappa shape index (κ1) is 12.7. The van der Waals surface area contributed by atoms with E-state index < -0.39 is 0 Å². The molecule has 0 spiro atoms. The molecule has 20 heavy (non-hydrogen) atoms. The van der Waals surface area contributed by atoms with E-state index in [0.717, 1.165) is 22.7 Å². The summed E-state index contributed by atoms with van der Waals surface area (Å²) >= 11 is 0.